The number of benzene rings is 6. The molecule has 63 heavy (non-hydrogen) atoms. The fourth-order valence-electron chi connectivity index (χ4n) is 8.94. The van der Waals surface area contributed by atoms with Crippen molar-refractivity contribution < 1.29 is 90.8 Å². The maximum Gasteiger partial charge on any atom is 0.157 e. The SMILES string of the molecule is Oc1cc(O)c2c(c1)O[C@H](c1ccc(O)c(O)c1)[C@H](O)C2c1c(O)cc(O)c2c1O[C@H](c1ccc(O)c(O)c1)[C@H](O)[C@H]2c1c(O)cc(O)c2c1O[C@H](c1ccc(O)c(O)c1)[C@@H](O)C2. The molecule has 326 valence electrons. The van der Waals surface area contributed by atoms with Gasteiger partial charge in [0, 0.05) is 58.5 Å². The molecule has 18 heteroatoms. The summed E-state index contributed by atoms with van der Waals surface area (Å²) in [5, 5.41) is 166. The second kappa shape index (κ2) is 14.7. The van der Waals surface area contributed by atoms with Crippen LogP contribution in [-0.4, -0.2) is 94.9 Å². The average Bonchev–Trinajstić information content (AvgIpc) is 3.22. The summed E-state index contributed by atoms with van der Waals surface area (Å²) >= 11 is 0. The second-order valence-corrected chi connectivity index (χ2v) is 15.7. The van der Waals surface area contributed by atoms with E-state index >= 15 is 0 Å². The molecule has 1 unspecified atom stereocenters. The summed E-state index contributed by atoms with van der Waals surface area (Å²) in [6.07, 6.45) is -9.93. The van der Waals surface area contributed by atoms with Crippen molar-refractivity contribution in [2.75, 3.05) is 0 Å². The van der Waals surface area contributed by atoms with Crippen LogP contribution in [0.15, 0.2) is 78.9 Å². The van der Waals surface area contributed by atoms with Crippen LogP contribution >= 0.6 is 0 Å². The van der Waals surface area contributed by atoms with Gasteiger partial charge < -0.3 is 90.8 Å². The third-order valence-electron chi connectivity index (χ3n) is 11.8. The van der Waals surface area contributed by atoms with Crippen molar-refractivity contribution in [3.05, 3.63) is 123 Å². The van der Waals surface area contributed by atoms with Crippen LogP contribution in [0.4, 0.5) is 0 Å². The molecule has 0 spiro atoms. The number of aliphatic hydroxyl groups is 3. The number of hydrogen-bond acceptors (Lipinski definition) is 18. The van der Waals surface area contributed by atoms with Gasteiger partial charge in [-0.25, -0.2) is 0 Å². The van der Waals surface area contributed by atoms with Gasteiger partial charge in [0.15, 0.2) is 46.7 Å². The van der Waals surface area contributed by atoms with Crippen molar-refractivity contribution >= 4 is 0 Å². The Morgan fingerprint density at radius 3 is 1.29 bits per heavy atom. The minimum absolute atomic E-state index is 0.0127. The van der Waals surface area contributed by atoms with Gasteiger partial charge >= 0.3 is 0 Å². The van der Waals surface area contributed by atoms with Crippen LogP contribution in [0.25, 0.3) is 0 Å². The molecule has 3 heterocycles. The van der Waals surface area contributed by atoms with E-state index in [1.807, 2.05) is 0 Å². The zero-order chi connectivity index (χ0) is 44.9. The molecule has 3 aliphatic heterocycles. The summed E-state index contributed by atoms with van der Waals surface area (Å²) in [7, 11) is 0. The van der Waals surface area contributed by atoms with Crippen LogP contribution in [-0.2, 0) is 6.42 Å². The fourth-order valence-corrected chi connectivity index (χ4v) is 8.94. The number of phenolic OH excluding ortho intramolecular Hbond substituents is 12. The van der Waals surface area contributed by atoms with Gasteiger partial charge in [0.1, 0.15) is 70.1 Å². The molecule has 8 atom stereocenters. The largest absolute Gasteiger partial charge is 0.508 e. The van der Waals surface area contributed by atoms with Crippen molar-refractivity contribution in [1.29, 1.82) is 0 Å². The molecule has 9 rings (SSSR count). The van der Waals surface area contributed by atoms with Crippen molar-refractivity contribution in [2.45, 2.75) is 54.9 Å². The lowest BCUT2D eigenvalue weighted by Crippen LogP contribution is -2.39. The minimum atomic E-state index is -1.90. The Hall–Kier alpha value is -7.80. The standard InChI is InChI=1S/C45H38O18/c46-18-10-27(54)33-32(11-18)61-42(16-2-5-21(48)25(52)8-16)39(59)37(33)35-29(56)14-30(57)36-38(40(60)43(63-45(35)36)17-3-6-22(49)26(53)9-17)34-28(55)13-23(50)19-12-31(58)41(62-44(19)34)15-1-4-20(47)24(51)7-15/h1-11,13-14,31,37-43,46-60H,12H2/t31-,37?,38-,39+,40+,41+,42+,43+/m0/s1. The maximum absolute atomic E-state index is 12.5. The third kappa shape index (κ3) is 6.46. The van der Waals surface area contributed by atoms with Crippen LogP contribution < -0.4 is 14.2 Å². The molecule has 0 bridgehead atoms. The first-order valence-electron chi connectivity index (χ1n) is 19.3. The molecule has 15 N–H and O–H groups in total. The Morgan fingerprint density at radius 1 is 0.365 bits per heavy atom. The molecule has 0 amide bonds. The minimum Gasteiger partial charge on any atom is -0.508 e. The fraction of sp³-hybridized carbons (Fsp3) is 0.200. The number of hydrogen-bond donors (Lipinski definition) is 15. The van der Waals surface area contributed by atoms with Gasteiger partial charge in [-0.3, -0.25) is 0 Å². The number of phenols is 12. The van der Waals surface area contributed by atoms with E-state index in [-0.39, 0.29) is 62.4 Å². The van der Waals surface area contributed by atoms with E-state index < -0.39 is 123 Å². The monoisotopic (exact) mass is 866 g/mol. The van der Waals surface area contributed by atoms with Crippen LogP contribution in [0, 0.1) is 0 Å². The molecule has 3 aliphatic rings. The van der Waals surface area contributed by atoms with Crippen molar-refractivity contribution in [2.24, 2.45) is 0 Å². The zero-order valence-corrected chi connectivity index (χ0v) is 32.3. The summed E-state index contributed by atoms with van der Waals surface area (Å²) in [5.74, 6) is -11.5. The lowest BCUT2D eigenvalue weighted by Gasteiger charge is -2.43. The molecule has 0 aliphatic carbocycles. The van der Waals surface area contributed by atoms with E-state index in [4.69, 9.17) is 14.2 Å². The highest BCUT2D eigenvalue weighted by atomic mass is 16.5. The number of fused-ring (bicyclic) bond motifs is 3. The molecular formula is C45H38O18. The first-order chi connectivity index (χ1) is 29.9. The molecule has 6 aromatic carbocycles. The normalized spacial score (nSPS) is 23.6. The Labute approximate surface area is 354 Å². The molecule has 0 saturated heterocycles. The smallest absolute Gasteiger partial charge is 0.157 e. The molecule has 0 aromatic heterocycles. The quantitative estimate of drug-likeness (QED) is 0.106. The summed E-state index contributed by atoms with van der Waals surface area (Å²) in [6, 6.07) is 14.4. The Morgan fingerprint density at radius 2 is 0.778 bits per heavy atom. The number of aliphatic hydroxyl groups excluding tert-OH is 3. The highest BCUT2D eigenvalue weighted by Crippen LogP contribution is 2.62. The topological polar surface area (TPSA) is 331 Å². The maximum atomic E-state index is 12.5. The van der Waals surface area contributed by atoms with Gasteiger partial charge in [0.2, 0.25) is 0 Å². The molecule has 0 radical (unpaired) electrons. The third-order valence-corrected chi connectivity index (χ3v) is 11.8. The van der Waals surface area contributed by atoms with Gasteiger partial charge in [-0.15, -0.1) is 0 Å². The molecule has 18 nitrogen and oxygen atoms in total. The zero-order valence-electron chi connectivity index (χ0n) is 32.3. The van der Waals surface area contributed by atoms with Gasteiger partial charge in [-0.1, -0.05) is 18.2 Å². The van der Waals surface area contributed by atoms with E-state index in [0.717, 1.165) is 60.7 Å². The summed E-state index contributed by atoms with van der Waals surface area (Å²) < 4.78 is 18.9. The molecule has 0 fully saturated rings. The predicted octanol–water partition coefficient (Wildman–Crippen LogP) is 4.44. The van der Waals surface area contributed by atoms with Crippen molar-refractivity contribution in [3.8, 4) is 86.2 Å². The van der Waals surface area contributed by atoms with Gasteiger partial charge in [-0.2, -0.15) is 0 Å². The summed E-state index contributed by atoms with van der Waals surface area (Å²) in [5.41, 5.74) is -1.10. The van der Waals surface area contributed by atoms with Gasteiger partial charge in [-0.05, 0) is 53.1 Å². The molecular weight excluding hydrogens is 828 g/mol. The summed E-state index contributed by atoms with van der Waals surface area (Å²) in [6.45, 7) is 0. The van der Waals surface area contributed by atoms with Crippen LogP contribution in [0.1, 0.15) is 74.7 Å². The van der Waals surface area contributed by atoms with Crippen molar-refractivity contribution in [1.82, 2.24) is 0 Å². The number of ether oxygens (including phenoxy) is 3. The number of rotatable bonds is 5. The van der Waals surface area contributed by atoms with Crippen LogP contribution in [0.3, 0.4) is 0 Å². The first-order valence-corrected chi connectivity index (χ1v) is 19.3. The lowest BCUT2D eigenvalue weighted by atomic mass is 9.73. The van der Waals surface area contributed by atoms with Gasteiger partial charge in [0.25, 0.3) is 0 Å². The van der Waals surface area contributed by atoms with E-state index in [2.05, 4.69) is 0 Å². The Balaban J connectivity index is 1.31. The van der Waals surface area contributed by atoms with Crippen molar-refractivity contribution in [3.63, 3.8) is 0 Å². The van der Waals surface area contributed by atoms with Crippen LogP contribution in [0.2, 0.25) is 0 Å². The average molecular weight is 867 g/mol. The van der Waals surface area contributed by atoms with E-state index in [1.165, 1.54) is 18.2 Å². The Kier molecular flexibility index (Phi) is 9.46. The highest BCUT2D eigenvalue weighted by molar-refractivity contribution is 5.70. The lowest BCUT2D eigenvalue weighted by molar-refractivity contribution is -0.00562. The molecule has 0 saturated carbocycles. The number of aromatic hydroxyl groups is 12. The first kappa shape index (κ1) is 40.6. The molecule has 6 aromatic rings. The van der Waals surface area contributed by atoms with E-state index in [9.17, 15) is 76.6 Å². The second-order valence-electron chi connectivity index (χ2n) is 15.7. The summed E-state index contributed by atoms with van der Waals surface area (Å²) in [4.78, 5) is 0. The Bertz CT molecular complexity index is 2840. The van der Waals surface area contributed by atoms with Crippen LogP contribution in [0.5, 0.6) is 86.2 Å². The van der Waals surface area contributed by atoms with Gasteiger partial charge in [0.05, 0.1) is 17.9 Å². The highest BCUT2D eigenvalue weighted by Gasteiger charge is 2.51. The van der Waals surface area contributed by atoms with E-state index in [0.29, 0.717) is 0 Å². The predicted molar refractivity (Wildman–Crippen MR) is 214 cm³/mol. The van der Waals surface area contributed by atoms with E-state index in [1.54, 1.807) is 0 Å².